The van der Waals surface area contributed by atoms with Gasteiger partial charge in [0, 0.05) is 39.2 Å². The summed E-state index contributed by atoms with van der Waals surface area (Å²) in [4.78, 5) is 14.3. The summed E-state index contributed by atoms with van der Waals surface area (Å²) >= 11 is 0. The summed E-state index contributed by atoms with van der Waals surface area (Å²) in [6, 6.07) is 0.335. The van der Waals surface area contributed by atoms with Gasteiger partial charge in [-0.1, -0.05) is 6.92 Å². The van der Waals surface area contributed by atoms with Crippen LogP contribution >= 0.6 is 0 Å². The van der Waals surface area contributed by atoms with Crippen LogP contribution in [-0.2, 0) is 24.3 Å². The van der Waals surface area contributed by atoms with E-state index in [2.05, 4.69) is 33.9 Å². The Kier molecular flexibility index (Phi) is 5.61. The van der Waals surface area contributed by atoms with Gasteiger partial charge in [-0.05, 0) is 44.4 Å². The molecule has 1 N–H and O–H groups in total. The predicted octanol–water partition coefficient (Wildman–Crippen LogP) is 2.35. The van der Waals surface area contributed by atoms with Gasteiger partial charge in [0.15, 0.2) is 5.82 Å². The van der Waals surface area contributed by atoms with E-state index in [1.165, 1.54) is 0 Å². The number of ether oxygens (including phenoxy) is 1. The molecule has 0 radical (unpaired) electrons. The van der Waals surface area contributed by atoms with Crippen LogP contribution in [0.3, 0.4) is 0 Å². The summed E-state index contributed by atoms with van der Waals surface area (Å²) in [5.41, 5.74) is 0.332. The molecule has 2 aliphatic rings. The molecule has 3 heterocycles. The van der Waals surface area contributed by atoms with E-state index < -0.39 is 0 Å². The van der Waals surface area contributed by atoms with Crippen LogP contribution in [0, 0.1) is 5.41 Å². The van der Waals surface area contributed by atoms with Gasteiger partial charge < -0.3 is 19.5 Å². The largest absolute Gasteiger partial charge is 0.377 e. The molecular formula is C18H31N5O2. The number of carbonyl (C=O) groups is 1. The van der Waals surface area contributed by atoms with Gasteiger partial charge in [-0.25, -0.2) is 4.79 Å². The van der Waals surface area contributed by atoms with E-state index in [9.17, 15) is 4.79 Å². The van der Waals surface area contributed by atoms with E-state index in [0.717, 1.165) is 69.8 Å². The maximum atomic E-state index is 12.3. The Labute approximate surface area is 150 Å². The molecule has 1 fully saturated rings. The number of hydrogen-bond acceptors (Lipinski definition) is 4. The van der Waals surface area contributed by atoms with Crippen LogP contribution in [0.2, 0.25) is 0 Å². The van der Waals surface area contributed by atoms with Gasteiger partial charge in [-0.3, -0.25) is 0 Å². The molecule has 25 heavy (non-hydrogen) atoms. The van der Waals surface area contributed by atoms with Crippen LogP contribution in [0.25, 0.3) is 0 Å². The Morgan fingerprint density at radius 2 is 1.96 bits per heavy atom. The lowest BCUT2D eigenvalue weighted by molar-refractivity contribution is 0.0988. The minimum absolute atomic E-state index is 0.0948. The summed E-state index contributed by atoms with van der Waals surface area (Å²) in [5.74, 6) is 2.01. The van der Waals surface area contributed by atoms with Gasteiger partial charge in [-0.15, -0.1) is 10.2 Å². The molecule has 0 bridgehead atoms. The van der Waals surface area contributed by atoms with Crippen molar-refractivity contribution in [3.8, 4) is 0 Å². The van der Waals surface area contributed by atoms with Crippen molar-refractivity contribution in [2.75, 3.05) is 20.2 Å². The first-order valence-corrected chi connectivity index (χ1v) is 9.52. The third kappa shape index (κ3) is 3.97. The second-order valence-corrected chi connectivity index (χ2v) is 7.61. The Hall–Kier alpha value is -1.63. The van der Waals surface area contributed by atoms with Crippen molar-refractivity contribution in [3.63, 3.8) is 0 Å². The first-order valence-electron chi connectivity index (χ1n) is 9.52. The number of methoxy groups -OCH3 is 1. The number of piperidine rings is 1. The normalized spacial score (nSPS) is 20.8. The van der Waals surface area contributed by atoms with Crippen LogP contribution in [-0.4, -0.2) is 51.9 Å². The number of aryl methyl sites for hydroxylation is 1. The Bertz CT molecular complexity index is 592. The molecule has 1 atom stereocenters. The number of aromatic nitrogens is 3. The molecule has 1 saturated heterocycles. The fourth-order valence-electron chi connectivity index (χ4n) is 3.99. The lowest BCUT2D eigenvalue weighted by atomic mass is 9.73. The van der Waals surface area contributed by atoms with Crippen molar-refractivity contribution in [3.05, 3.63) is 11.6 Å². The molecule has 7 nitrogen and oxygen atoms in total. The van der Waals surface area contributed by atoms with Gasteiger partial charge in [-0.2, -0.15) is 0 Å². The van der Waals surface area contributed by atoms with Crippen LogP contribution in [0.5, 0.6) is 0 Å². The molecule has 1 spiro atoms. The monoisotopic (exact) mass is 349 g/mol. The molecule has 1 unspecified atom stereocenters. The zero-order valence-electron chi connectivity index (χ0n) is 15.8. The molecule has 0 aromatic carbocycles. The summed E-state index contributed by atoms with van der Waals surface area (Å²) < 4.78 is 7.47. The van der Waals surface area contributed by atoms with Gasteiger partial charge >= 0.3 is 6.03 Å². The summed E-state index contributed by atoms with van der Waals surface area (Å²) in [5, 5.41) is 11.7. The number of likely N-dealkylation sites (tertiary alicyclic amines) is 1. The first kappa shape index (κ1) is 18.2. The predicted molar refractivity (Wildman–Crippen MR) is 95.2 cm³/mol. The van der Waals surface area contributed by atoms with E-state index in [1.807, 2.05) is 4.90 Å². The maximum Gasteiger partial charge on any atom is 0.317 e. The number of urea groups is 1. The lowest BCUT2D eigenvalue weighted by Gasteiger charge is -2.41. The Balaban J connectivity index is 1.58. The van der Waals surface area contributed by atoms with Crippen molar-refractivity contribution in [2.24, 2.45) is 5.41 Å². The molecule has 1 aromatic rings. The minimum atomic E-state index is 0.0948. The fraction of sp³-hybridized carbons (Fsp3) is 0.833. The first-order chi connectivity index (χ1) is 12.1. The topological polar surface area (TPSA) is 72.3 Å². The SMILES string of the molecule is CCC(C)NC(=O)N1CCC2(CCc3nnc(COC)n3CC2)CC1. The number of nitrogens with zero attached hydrogens (tertiary/aromatic N) is 4. The molecule has 1 aromatic heterocycles. The van der Waals surface area contributed by atoms with Crippen LogP contribution in [0.4, 0.5) is 4.79 Å². The lowest BCUT2D eigenvalue weighted by Crippen LogP contribution is -2.49. The average molecular weight is 349 g/mol. The maximum absolute atomic E-state index is 12.3. The molecule has 0 saturated carbocycles. The summed E-state index contributed by atoms with van der Waals surface area (Å²) in [6.07, 6.45) is 6.37. The van der Waals surface area contributed by atoms with Crippen LogP contribution < -0.4 is 5.32 Å². The second-order valence-electron chi connectivity index (χ2n) is 7.61. The molecule has 2 amide bonds. The van der Waals surface area contributed by atoms with Gasteiger partial charge in [0.2, 0.25) is 0 Å². The smallest absolute Gasteiger partial charge is 0.317 e. The molecule has 7 heteroatoms. The third-order valence-electron chi connectivity index (χ3n) is 6.02. The molecule has 3 rings (SSSR count). The quantitative estimate of drug-likeness (QED) is 0.906. The second kappa shape index (κ2) is 7.72. The van der Waals surface area contributed by atoms with Gasteiger partial charge in [0.25, 0.3) is 0 Å². The highest BCUT2D eigenvalue weighted by Crippen LogP contribution is 2.41. The standard InChI is InChI=1S/C18H31N5O2/c1-4-14(2)19-17(24)22-10-7-18(8-11-22)6-5-15-20-21-16(13-25-3)23(15)12-9-18/h14H,4-13H2,1-3H3,(H,19,24). The van der Waals surface area contributed by atoms with E-state index in [-0.39, 0.29) is 12.1 Å². The molecule has 2 aliphatic heterocycles. The molecular weight excluding hydrogens is 318 g/mol. The molecule has 140 valence electrons. The number of carbonyl (C=O) groups excluding carboxylic acids is 1. The highest BCUT2D eigenvalue weighted by atomic mass is 16.5. The third-order valence-corrected chi connectivity index (χ3v) is 6.02. The number of nitrogens with one attached hydrogen (secondary N) is 1. The van der Waals surface area contributed by atoms with Crippen molar-refractivity contribution in [1.82, 2.24) is 25.0 Å². The van der Waals surface area contributed by atoms with Crippen molar-refractivity contribution in [1.29, 1.82) is 0 Å². The average Bonchev–Trinajstić information content (AvgIpc) is 2.92. The van der Waals surface area contributed by atoms with E-state index in [0.29, 0.717) is 12.0 Å². The number of fused-ring (bicyclic) bond motifs is 1. The van der Waals surface area contributed by atoms with Crippen molar-refractivity contribution in [2.45, 2.75) is 71.6 Å². The highest BCUT2D eigenvalue weighted by Gasteiger charge is 2.37. The zero-order chi connectivity index (χ0) is 17.9. The fourth-order valence-corrected chi connectivity index (χ4v) is 3.99. The number of hydrogen-bond donors (Lipinski definition) is 1. The zero-order valence-corrected chi connectivity index (χ0v) is 15.8. The van der Waals surface area contributed by atoms with E-state index in [4.69, 9.17) is 4.74 Å². The Morgan fingerprint density at radius 3 is 2.64 bits per heavy atom. The van der Waals surface area contributed by atoms with Gasteiger partial charge in [0.1, 0.15) is 12.4 Å². The number of amides is 2. The summed E-state index contributed by atoms with van der Waals surface area (Å²) in [7, 11) is 1.69. The molecule has 0 aliphatic carbocycles. The van der Waals surface area contributed by atoms with Crippen molar-refractivity contribution < 1.29 is 9.53 Å². The number of rotatable bonds is 4. The van der Waals surface area contributed by atoms with Gasteiger partial charge in [0.05, 0.1) is 0 Å². The summed E-state index contributed by atoms with van der Waals surface area (Å²) in [6.45, 7) is 7.34. The Morgan fingerprint density at radius 1 is 1.24 bits per heavy atom. The van der Waals surface area contributed by atoms with Crippen LogP contribution in [0.15, 0.2) is 0 Å². The van der Waals surface area contributed by atoms with Crippen LogP contribution in [0.1, 0.15) is 57.6 Å². The van der Waals surface area contributed by atoms with E-state index >= 15 is 0 Å². The van der Waals surface area contributed by atoms with Crippen molar-refractivity contribution >= 4 is 6.03 Å². The highest BCUT2D eigenvalue weighted by molar-refractivity contribution is 5.74. The van der Waals surface area contributed by atoms with E-state index in [1.54, 1.807) is 7.11 Å². The minimum Gasteiger partial charge on any atom is -0.377 e.